The number of halogens is 2. The van der Waals surface area contributed by atoms with Gasteiger partial charge < -0.3 is 23.8 Å². The van der Waals surface area contributed by atoms with E-state index in [4.69, 9.17) is 18.9 Å². The standard InChI is InChI=1S/C37H43F2NO6/c1-9-44-36(42)34(46-37(5,6)7)32-21(3)24-14-15-40(35(41)23-12-13-30(43-8)28(38)17-23)19-27(24)22(4)31(32)26-18-29(39)33-25(20(26)2)11-10-16-45-33/h12-13,17-18,34H,9-11,14-16,19H2,1-8H3/t34-/m0/s1. The van der Waals surface area contributed by atoms with E-state index in [0.717, 1.165) is 39.8 Å². The number of hydrogen-bond donors (Lipinski definition) is 0. The maximum atomic E-state index is 15.8. The molecule has 0 radical (unpaired) electrons. The lowest BCUT2D eigenvalue weighted by atomic mass is 9.78. The molecule has 1 amide bonds. The molecule has 0 aliphatic carbocycles. The fraction of sp³-hybridized carbons (Fsp3) is 0.459. The first-order chi connectivity index (χ1) is 21.8. The molecule has 0 spiro atoms. The summed E-state index contributed by atoms with van der Waals surface area (Å²) in [4.78, 5) is 29.0. The first kappa shape index (κ1) is 33.4. The normalized spacial score (nSPS) is 15.0. The second-order valence-electron chi connectivity index (χ2n) is 13.0. The highest BCUT2D eigenvalue weighted by Gasteiger charge is 2.37. The molecule has 0 unspecified atom stereocenters. The summed E-state index contributed by atoms with van der Waals surface area (Å²) in [6.45, 7) is 14.5. The summed E-state index contributed by atoms with van der Waals surface area (Å²) in [5.74, 6) is -1.55. The SMILES string of the molecule is CCOC(=O)[C@@H](OC(C)(C)C)c1c(C)c2c(c(C)c1-c1cc(F)c3c(c1C)CCCO3)CN(C(=O)c1ccc(OC)c(F)c1)CC2. The van der Waals surface area contributed by atoms with Crippen LogP contribution in [0.4, 0.5) is 8.78 Å². The number of fused-ring (bicyclic) bond motifs is 2. The topological polar surface area (TPSA) is 74.3 Å². The first-order valence-electron chi connectivity index (χ1n) is 15.8. The maximum Gasteiger partial charge on any atom is 0.339 e. The second kappa shape index (κ2) is 13.0. The molecule has 46 heavy (non-hydrogen) atoms. The van der Waals surface area contributed by atoms with Gasteiger partial charge in [0.25, 0.3) is 5.91 Å². The largest absolute Gasteiger partial charge is 0.494 e. The average Bonchev–Trinajstić information content (AvgIpc) is 3.02. The number of methoxy groups -OCH3 is 1. The van der Waals surface area contributed by atoms with Crippen LogP contribution in [0.3, 0.4) is 0 Å². The van der Waals surface area contributed by atoms with Crippen LogP contribution in [0, 0.1) is 32.4 Å². The summed E-state index contributed by atoms with van der Waals surface area (Å²) in [6.07, 6.45) is 0.879. The van der Waals surface area contributed by atoms with Crippen LogP contribution < -0.4 is 9.47 Å². The Morgan fingerprint density at radius 2 is 1.72 bits per heavy atom. The van der Waals surface area contributed by atoms with Gasteiger partial charge in [-0.15, -0.1) is 0 Å². The molecule has 3 aromatic carbocycles. The highest BCUT2D eigenvalue weighted by Crippen LogP contribution is 2.46. The summed E-state index contributed by atoms with van der Waals surface area (Å²) in [6, 6.07) is 5.68. The fourth-order valence-electron chi connectivity index (χ4n) is 6.77. The Hall–Kier alpha value is -3.98. The third kappa shape index (κ3) is 6.21. The van der Waals surface area contributed by atoms with Crippen LogP contribution >= 0.6 is 0 Å². The van der Waals surface area contributed by atoms with Gasteiger partial charge in [0, 0.05) is 29.8 Å². The van der Waals surface area contributed by atoms with Crippen molar-refractivity contribution in [3.63, 3.8) is 0 Å². The Bertz CT molecular complexity index is 1690. The van der Waals surface area contributed by atoms with Gasteiger partial charge in [0.2, 0.25) is 0 Å². The number of carbonyl (C=O) groups excluding carboxylic acids is 2. The van der Waals surface area contributed by atoms with Crippen molar-refractivity contribution in [3.8, 4) is 22.6 Å². The zero-order valence-electron chi connectivity index (χ0n) is 28.0. The van der Waals surface area contributed by atoms with Crippen molar-refractivity contribution >= 4 is 11.9 Å². The number of benzene rings is 3. The molecular formula is C37H43F2NO6. The van der Waals surface area contributed by atoms with Crippen LogP contribution in [-0.2, 0) is 33.7 Å². The van der Waals surface area contributed by atoms with Crippen molar-refractivity contribution < 1.29 is 37.3 Å². The molecule has 1 atom stereocenters. The van der Waals surface area contributed by atoms with Crippen LogP contribution in [0.25, 0.3) is 11.1 Å². The molecule has 2 aliphatic heterocycles. The van der Waals surface area contributed by atoms with E-state index in [1.807, 2.05) is 41.5 Å². The zero-order chi connectivity index (χ0) is 33.5. The van der Waals surface area contributed by atoms with Crippen LogP contribution in [0.5, 0.6) is 11.5 Å². The molecule has 0 saturated carbocycles. The summed E-state index contributed by atoms with van der Waals surface area (Å²) in [5, 5.41) is 0. The van der Waals surface area contributed by atoms with Crippen molar-refractivity contribution in [1.29, 1.82) is 0 Å². The van der Waals surface area contributed by atoms with Gasteiger partial charge in [-0.3, -0.25) is 4.79 Å². The molecule has 0 fully saturated rings. The van der Waals surface area contributed by atoms with E-state index in [2.05, 4.69) is 0 Å². The number of hydrogen-bond acceptors (Lipinski definition) is 6. The van der Waals surface area contributed by atoms with Crippen molar-refractivity contribution in [1.82, 2.24) is 4.90 Å². The van der Waals surface area contributed by atoms with Crippen LogP contribution in [0.15, 0.2) is 24.3 Å². The second-order valence-corrected chi connectivity index (χ2v) is 13.0. The lowest BCUT2D eigenvalue weighted by molar-refractivity contribution is -0.166. The van der Waals surface area contributed by atoms with E-state index in [9.17, 15) is 14.0 Å². The third-order valence-electron chi connectivity index (χ3n) is 8.92. The van der Waals surface area contributed by atoms with Crippen LogP contribution in [0.1, 0.15) is 89.5 Å². The summed E-state index contributed by atoms with van der Waals surface area (Å²) < 4.78 is 53.1. The quantitative estimate of drug-likeness (QED) is 0.250. The molecule has 2 heterocycles. The van der Waals surface area contributed by atoms with E-state index in [1.54, 1.807) is 17.9 Å². The number of amides is 1. The van der Waals surface area contributed by atoms with Gasteiger partial charge >= 0.3 is 5.97 Å². The predicted molar refractivity (Wildman–Crippen MR) is 171 cm³/mol. The summed E-state index contributed by atoms with van der Waals surface area (Å²) in [7, 11) is 1.38. The lowest BCUT2D eigenvalue weighted by Crippen LogP contribution is -2.37. The summed E-state index contributed by atoms with van der Waals surface area (Å²) >= 11 is 0. The average molecular weight is 636 g/mol. The Labute approximate surface area is 269 Å². The van der Waals surface area contributed by atoms with Gasteiger partial charge in [0.1, 0.15) is 0 Å². The number of esters is 1. The smallest absolute Gasteiger partial charge is 0.339 e. The molecule has 7 nitrogen and oxygen atoms in total. The Morgan fingerprint density at radius 1 is 0.978 bits per heavy atom. The minimum atomic E-state index is -1.07. The van der Waals surface area contributed by atoms with Gasteiger partial charge in [-0.2, -0.15) is 0 Å². The van der Waals surface area contributed by atoms with E-state index < -0.39 is 29.3 Å². The van der Waals surface area contributed by atoms with Gasteiger partial charge in [-0.25, -0.2) is 13.6 Å². The molecular weight excluding hydrogens is 592 g/mol. The van der Waals surface area contributed by atoms with Crippen molar-refractivity contribution in [2.75, 3.05) is 26.9 Å². The molecule has 0 N–H and O–H groups in total. The van der Waals surface area contributed by atoms with E-state index in [-0.39, 0.29) is 36.1 Å². The van der Waals surface area contributed by atoms with Gasteiger partial charge in [-0.05, 0) is 131 Å². The first-order valence-corrected chi connectivity index (χ1v) is 15.8. The number of nitrogens with zero attached hydrogens (tertiary/aromatic N) is 1. The predicted octanol–water partition coefficient (Wildman–Crippen LogP) is 7.51. The van der Waals surface area contributed by atoms with Crippen molar-refractivity contribution in [3.05, 3.63) is 80.4 Å². The Kier molecular flexibility index (Phi) is 9.45. The van der Waals surface area contributed by atoms with Crippen molar-refractivity contribution in [2.45, 2.75) is 86.0 Å². The highest BCUT2D eigenvalue weighted by molar-refractivity contribution is 5.95. The zero-order valence-corrected chi connectivity index (χ0v) is 28.0. The highest BCUT2D eigenvalue weighted by atomic mass is 19.1. The number of rotatable bonds is 7. The Balaban J connectivity index is 1.73. The number of carbonyl (C=O) groups is 2. The Morgan fingerprint density at radius 3 is 2.37 bits per heavy atom. The minimum Gasteiger partial charge on any atom is -0.494 e. The monoisotopic (exact) mass is 635 g/mol. The van der Waals surface area contributed by atoms with Gasteiger partial charge in [0.15, 0.2) is 29.2 Å². The molecule has 2 aliphatic rings. The molecule has 0 aromatic heterocycles. The summed E-state index contributed by atoms with van der Waals surface area (Å²) in [5.41, 5.74) is 6.76. The lowest BCUT2D eigenvalue weighted by Gasteiger charge is -2.36. The molecule has 3 aromatic rings. The van der Waals surface area contributed by atoms with Gasteiger partial charge in [0.05, 0.1) is 25.9 Å². The van der Waals surface area contributed by atoms with E-state index in [0.29, 0.717) is 42.7 Å². The van der Waals surface area contributed by atoms with Crippen molar-refractivity contribution in [2.24, 2.45) is 0 Å². The molecule has 9 heteroatoms. The van der Waals surface area contributed by atoms with E-state index >= 15 is 4.39 Å². The van der Waals surface area contributed by atoms with E-state index in [1.165, 1.54) is 25.3 Å². The van der Waals surface area contributed by atoms with Crippen LogP contribution in [-0.4, -0.2) is 49.2 Å². The number of ether oxygens (including phenoxy) is 4. The van der Waals surface area contributed by atoms with Crippen LogP contribution in [0.2, 0.25) is 0 Å². The molecule has 0 saturated heterocycles. The maximum absolute atomic E-state index is 15.8. The molecule has 5 rings (SSSR count). The van der Waals surface area contributed by atoms with Gasteiger partial charge in [-0.1, -0.05) is 0 Å². The minimum absolute atomic E-state index is 0.0656. The third-order valence-corrected chi connectivity index (χ3v) is 8.92. The fourth-order valence-corrected chi connectivity index (χ4v) is 6.77. The molecule has 246 valence electrons. The molecule has 0 bridgehead atoms.